The maximum atomic E-state index is 17.9. The van der Waals surface area contributed by atoms with Crippen molar-refractivity contribution in [3.05, 3.63) is 383 Å². The average molecular weight is 1290 g/mol. The van der Waals surface area contributed by atoms with E-state index in [-0.39, 0.29) is 11.2 Å². The predicted molar refractivity (Wildman–Crippen MR) is 430 cm³/mol. The maximum Gasteiger partial charge on any atom is 0.148 e. The van der Waals surface area contributed by atoms with Gasteiger partial charge in [-0.25, -0.2) is 4.39 Å². The zero-order valence-electron chi connectivity index (χ0n) is 60.4. The van der Waals surface area contributed by atoms with E-state index in [4.69, 9.17) is 0 Å². The highest BCUT2D eigenvalue weighted by Crippen LogP contribution is 2.55. The van der Waals surface area contributed by atoms with Crippen molar-refractivity contribution in [1.82, 2.24) is 0 Å². The fourth-order valence-electron chi connectivity index (χ4n) is 13.7. The van der Waals surface area contributed by atoms with E-state index in [0.29, 0.717) is 17.2 Å². The molecule has 12 aromatic rings. The van der Waals surface area contributed by atoms with Gasteiger partial charge in [0.05, 0.1) is 11.4 Å². The van der Waals surface area contributed by atoms with Crippen LogP contribution in [0.1, 0.15) is 128 Å². The van der Waals surface area contributed by atoms with E-state index in [1.807, 2.05) is 74.5 Å². The number of halogens is 1. The third kappa shape index (κ3) is 16.0. The molecule has 12 aromatic carbocycles. The minimum absolute atomic E-state index is 0.282. The first kappa shape index (κ1) is 71.1. The summed E-state index contributed by atoms with van der Waals surface area (Å²) in [7, 11) is 0. The average Bonchev–Trinajstić information content (AvgIpc) is 1.57. The van der Waals surface area contributed by atoms with Crippen molar-refractivity contribution in [2.45, 2.75) is 114 Å². The number of fused-ring (bicyclic) bond motifs is 5. The van der Waals surface area contributed by atoms with Gasteiger partial charge < -0.3 is 4.90 Å². The van der Waals surface area contributed by atoms with Gasteiger partial charge >= 0.3 is 0 Å². The van der Waals surface area contributed by atoms with Crippen LogP contribution >= 0.6 is 0 Å². The molecule has 0 aliphatic heterocycles. The summed E-state index contributed by atoms with van der Waals surface area (Å²) >= 11 is 0. The van der Waals surface area contributed by atoms with Crippen LogP contribution in [0.2, 0.25) is 0 Å². The minimum atomic E-state index is -0.360. The predicted octanol–water partition coefficient (Wildman–Crippen LogP) is 27.9. The fraction of sp³-hybridized carbons (Fsp3) is 0.175. The number of nitrogens with zero attached hydrogens (tertiary/aromatic N) is 1. The number of hydrogen-bond donors (Lipinski definition) is 0. The Balaban J connectivity index is 0.000000204. The number of rotatable bonds is 16. The molecule has 0 atom stereocenters. The van der Waals surface area contributed by atoms with Gasteiger partial charge in [0, 0.05) is 22.1 Å². The first-order chi connectivity index (χ1) is 48.1. The molecule has 1 aliphatic carbocycles. The molecule has 0 amide bonds. The smallest absolute Gasteiger partial charge is 0.148 e. The topological polar surface area (TPSA) is 3.24 Å². The Bertz CT molecular complexity index is 4880. The van der Waals surface area contributed by atoms with Crippen molar-refractivity contribution in [2.24, 2.45) is 0 Å². The molecule has 1 nitrogen and oxygen atoms in total. The van der Waals surface area contributed by atoms with E-state index in [1.165, 1.54) is 100 Å². The van der Waals surface area contributed by atoms with E-state index in [9.17, 15) is 0 Å². The standard InChI is InChI=1S/C55H48FN.C20H18.C20H24.C2H6/c1-7-9-20-41-23-16-17-26-45(41)44-32-30-43(34-38(44)4)57(54(42-24-14-11-15-25-42)51(56)35-39(8-2)40-21-12-10-13-22-40)52-36-50-53(47-28-19-18-27-46(47)52)48-31-29-37(3)33-49(48)55(50,5)6;1-15-13-19(17-9-5-3-6-10-17)14-20(16(15)2)18-11-7-4-8-12-18;1-5-6-9-17-10-7-8-11-20(17)19-13-12-18(15(2)3)14-16(19)4;1-2/h7-19,21-36H,2,20H2,1,3-6H3;3-14H,1-2H3;5-8,10-15H,9H2,1-4H3;1-2H3/b9-7+,39-35+,54-51-;;6-5+;. The molecule has 2 heteroatoms. The quantitative estimate of drug-likeness (QED) is 0.0688. The molecular formula is C97H96FN. The normalized spacial score (nSPS) is 12.4. The van der Waals surface area contributed by atoms with Gasteiger partial charge in [-0.15, -0.1) is 0 Å². The van der Waals surface area contributed by atoms with Crippen LogP contribution in [0.25, 0.3) is 77.7 Å². The zero-order valence-corrected chi connectivity index (χ0v) is 60.4. The van der Waals surface area contributed by atoms with Crippen molar-refractivity contribution in [3.8, 4) is 55.6 Å². The molecule has 496 valence electrons. The molecule has 0 radical (unpaired) electrons. The number of aryl methyl sites for hydroxylation is 4. The Morgan fingerprint density at radius 2 is 0.960 bits per heavy atom. The second kappa shape index (κ2) is 33.1. The van der Waals surface area contributed by atoms with Gasteiger partial charge in [-0.05, 0) is 220 Å². The summed E-state index contributed by atoms with van der Waals surface area (Å²) in [5, 5.41) is 2.20. The molecule has 99 heavy (non-hydrogen) atoms. The lowest BCUT2D eigenvalue weighted by Crippen LogP contribution is -2.20. The minimum Gasteiger partial charge on any atom is -0.307 e. The van der Waals surface area contributed by atoms with Crippen LogP contribution in [-0.2, 0) is 18.3 Å². The SMILES string of the molecule is C/C=C/Cc1ccccc1-c1ccc(C(C)C)cc1C.C=C/C(=C\C(F)=C(/c1ccccc1)N(c1ccc(-c2ccccc2C/C=C/C)c(C)c1)c1cc2c(c3ccccc13)-c1ccc(C)cc1C2(C)C)c1ccccc1.CC.Cc1cc(-c2ccccc2)cc(-c2ccccc2)c1C. The molecule has 0 bridgehead atoms. The molecule has 0 unspecified atom stereocenters. The Labute approximate surface area is 591 Å². The van der Waals surface area contributed by atoms with Gasteiger partial charge in [-0.3, -0.25) is 0 Å². The molecule has 0 N–H and O–H groups in total. The van der Waals surface area contributed by atoms with Gasteiger partial charge in [-0.1, -0.05) is 327 Å². The van der Waals surface area contributed by atoms with Crippen LogP contribution in [0.3, 0.4) is 0 Å². The molecule has 0 aromatic heterocycles. The molecule has 0 fully saturated rings. The van der Waals surface area contributed by atoms with Crippen molar-refractivity contribution in [2.75, 3.05) is 4.90 Å². The monoisotopic (exact) mass is 1290 g/mol. The molecule has 0 heterocycles. The van der Waals surface area contributed by atoms with Crippen LogP contribution < -0.4 is 4.90 Å². The molecule has 13 rings (SSSR count). The summed E-state index contributed by atoms with van der Waals surface area (Å²) in [5.74, 6) is 0.224. The largest absolute Gasteiger partial charge is 0.307 e. The van der Waals surface area contributed by atoms with Gasteiger partial charge in [-0.2, -0.15) is 0 Å². The summed E-state index contributed by atoms with van der Waals surface area (Å²) < 4.78 is 17.9. The van der Waals surface area contributed by atoms with Crippen LogP contribution in [0, 0.1) is 34.6 Å². The van der Waals surface area contributed by atoms with Crippen LogP contribution in [0.4, 0.5) is 15.8 Å². The highest BCUT2D eigenvalue weighted by molar-refractivity contribution is 6.11. The first-order valence-electron chi connectivity index (χ1n) is 35.2. The maximum absolute atomic E-state index is 17.9. The highest BCUT2D eigenvalue weighted by Gasteiger charge is 2.38. The van der Waals surface area contributed by atoms with E-state index < -0.39 is 0 Å². The Morgan fingerprint density at radius 1 is 0.455 bits per heavy atom. The summed E-state index contributed by atoms with van der Waals surface area (Å²) in [6.45, 7) is 32.3. The Hall–Kier alpha value is -10.7. The molecule has 1 aliphatic rings. The molecule has 0 spiro atoms. The second-order valence-corrected chi connectivity index (χ2v) is 26.4. The van der Waals surface area contributed by atoms with Crippen molar-refractivity contribution in [3.63, 3.8) is 0 Å². The van der Waals surface area contributed by atoms with Gasteiger partial charge in [0.15, 0.2) is 0 Å². The first-order valence-corrected chi connectivity index (χ1v) is 35.2. The highest BCUT2D eigenvalue weighted by atomic mass is 19.1. The summed E-state index contributed by atoms with van der Waals surface area (Å²) in [6.07, 6.45) is 13.9. The second-order valence-electron chi connectivity index (χ2n) is 26.4. The number of hydrogen-bond acceptors (Lipinski definition) is 1. The number of anilines is 2. The molecule has 0 saturated carbocycles. The third-order valence-electron chi connectivity index (χ3n) is 19.2. The lowest BCUT2D eigenvalue weighted by Gasteiger charge is -2.32. The number of benzene rings is 12. The van der Waals surface area contributed by atoms with Crippen LogP contribution in [0.5, 0.6) is 0 Å². The molecular weight excluding hydrogens is 1200 g/mol. The van der Waals surface area contributed by atoms with Crippen LogP contribution in [0.15, 0.2) is 316 Å². The summed E-state index contributed by atoms with van der Waals surface area (Å²) in [4.78, 5) is 2.16. The lowest BCUT2D eigenvalue weighted by atomic mass is 9.81. The van der Waals surface area contributed by atoms with Gasteiger partial charge in [0.25, 0.3) is 0 Å². The Morgan fingerprint density at radius 3 is 1.52 bits per heavy atom. The van der Waals surface area contributed by atoms with E-state index in [0.717, 1.165) is 57.2 Å². The van der Waals surface area contributed by atoms with Crippen LogP contribution in [-0.4, -0.2) is 0 Å². The van der Waals surface area contributed by atoms with E-state index >= 15 is 4.39 Å². The summed E-state index contributed by atoms with van der Waals surface area (Å²) in [5.41, 5.74) is 30.1. The Kier molecular flexibility index (Phi) is 23.7. The number of allylic oxidation sites excluding steroid dienone is 8. The van der Waals surface area contributed by atoms with E-state index in [2.05, 4.69) is 318 Å². The van der Waals surface area contributed by atoms with Gasteiger partial charge in [0.2, 0.25) is 0 Å². The van der Waals surface area contributed by atoms with E-state index in [1.54, 1.807) is 12.2 Å². The third-order valence-corrected chi connectivity index (χ3v) is 19.2. The van der Waals surface area contributed by atoms with Crippen molar-refractivity contribution >= 4 is 33.4 Å². The van der Waals surface area contributed by atoms with Crippen molar-refractivity contribution in [1.29, 1.82) is 0 Å². The summed E-state index contributed by atoms with van der Waals surface area (Å²) in [6, 6.07) is 94.1. The van der Waals surface area contributed by atoms with Crippen molar-refractivity contribution < 1.29 is 4.39 Å². The zero-order chi connectivity index (χ0) is 70.2. The fourth-order valence-corrected chi connectivity index (χ4v) is 13.7. The molecule has 0 saturated heterocycles. The lowest BCUT2D eigenvalue weighted by molar-refractivity contribution is 0.660. The van der Waals surface area contributed by atoms with Gasteiger partial charge in [0.1, 0.15) is 5.83 Å².